The predicted molar refractivity (Wildman–Crippen MR) is 53.1 cm³/mol. The molecule has 2 heteroatoms. The van der Waals surface area contributed by atoms with Crippen LogP contribution in [0.5, 0.6) is 5.75 Å². The molecule has 1 aromatic rings. The summed E-state index contributed by atoms with van der Waals surface area (Å²) < 4.78 is 5.41. The maximum Gasteiger partial charge on any atom is 0.122 e. The van der Waals surface area contributed by atoms with Gasteiger partial charge in [-0.1, -0.05) is 12.1 Å². The zero-order valence-electron chi connectivity index (χ0n) is 8.21. The van der Waals surface area contributed by atoms with Gasteiger partial charge in [0, 0.05) is 6.61 Å². The molecule has 2 nitrogen and oxygen atoms in total. The molecule has 0 bridgehead atoms. The van der Waals surface area contributed by atoms with E-state index in [0.717, 1.165) is 16.9 Å². The summed E-state index contributed by atoms with van der Waals surface area (Å²) in [7, 11) is 0. The molecule has 72 valence electrons. The first kappa shape index (κ1) is 10.1. The van der Waals surface area contributed by atoms with Gasteiger partial charge in [0.2, 0.25) is 0 Å². The summed E-state index contributed by atoms with van der Waals surface area (Å²) in [6.45, 7) is 4.89. The standard InChI is InChI=1S/C11H16O2/c1-3-13-11-5-4-10(6-7-12)8-9(11)2/h4-5,8,12H,3,6-7H2,1-2H3. The van der Waals surface area contributed by atoms with E-state index in [2.05, 4.69) is 6.07 Å². The van der Waals surface area contributed by atoms with E-state index in [1.54, 1.807) is 0 Å². The van der Waals surface area contributed by atoms with Crippen LogP contribution in [0.1, 0.15) is 18.1 Å². The molecule has 1 N–H and O–H groups in total. The van der Waals surface area contributed by atoms with Gasteiger partial charge < -0.3 is 9.84 Å². The molecule has 0 aliphatic carbocycles. The molecule has 0 saturated heterocycles. The Hall–Kier alpha value is -1.02. The normalized spacial score (nSPS) is 10.1. The Bertz CT molecular complexity index is 269. The number of ether oxygens (including phenoxy) is 1. The van der Waals surface area contributed by atoms with Crippen LogP contribution in [0.4, 0.5) is 0 Å². The molecule has 0 fully saturated rings. The van der Waals surface area contributed by atoms with Gasteiger partial charge in [0.1, 0.15) is 5.75 Å². The van der Waals surface area contributed by atoms with E-state index in [1.807, 2.05) is 26.0 Å². The Morgan fingerprint density at radius 2 is 2.15 bits per heavy atom. The highest BCUT2D eigenvalue weighted by molar-refractivity contribution is 5.36. The van der Waals surface area contributed by atoms with Crippen LogP contribution in [0.25, 0.3) is 0 Å². The van der Waals surface area contributed by atoms with E-state index in [9.17, 15) is 0 Å². The first-order chi connectivity index (χ1) is 6.27. The number of aliphatic hydroxyl groups is 1. The molecule has 0 spiro atoms. The van der Waals surface area contributed by atoms with E-state index < -0.39 is 0 Å². The average Bonchev–Trinajstić information content (AvgIpc) is 2.10. The highest BCUT2D eigenvalue weighted by Crippen LogP contribution is 2.19. The summed E-state index contributed by atoms with van der Waals surface area (Å²) >= 11 is 0. The zero-order chi connectivity index (χ0) is 9.68. The molecule has 0 unspecified atom stereocenters. The van der Waals surface area contributed by atoms with Crippen molar-refractivity contribution < 1.29 is 9.84 Å². The second-order valence-electron chi connectivity index (χ2n) is 3.01. The molecule has 0 radical (unpaired) electrons. The molecular weight excluding hydrogens is 164 g/mol. The van der Waals surface area contributed by atoms with E-state index >= 15 is 0 Å². The molecule has 1 rings (SSSR count). The molecule has 0 amide bonds. The van der Waals surface area contributed by atoms with Crippen molar-refractivity contribution in [3.05, 3.63) is 29.3 Å². The van der Waals surface area contributed by atoms with E-state index in [4.69, 9.17) is 9.84 Å². The summed E-state index contributed by atoms with van der Waals surface area (Å²) in [6, 6.07) is 6.01. The van der Waals surface area contributed by atoms with Gasteiger partial charge in [0.05, 0.1) is 6.61 Å². The lowest BCUT2D eigenvalue weighted by atomic mass is 10.1. The third kappa shape index (κ3) is 2.74. The Morgan fingerprint density at radius 1 is 1.38 bits per heavy atom. The van der Waals surface area contributed by atoms with Gasteiger partial charge in [-0.2, -0.15) is 0 Å². The molecule has 0 aliphatic rings. The van der Waals surface area contributed by atoms with Crippen molar-refractivity contribution in [3.63, 3.8) is 0 Å². The number of aliphatic hydroxyl groups excluding tert-OH is 1. The van der Waals surface area contributed by atoms with Gasteiger partial charge in [-0.3, -0.25) is 0 Å². The van der Waals surface area contributed by atoms with Gasteiger partial charge in [0.25, 0.3) is 0 Å². The van der Waals surface area contributed by atoms with Crippen molar-refractivity contribution in [2.75, 3.05) is 13.2 Å². The van der Waals surface area contributed by atoms with Crippen LogP contribution in [-0.2, 0) is 6.42 Å². The van der Waals surface area contributed by atoms with Crippen molar-refractivity contribution in [2.45, 2.75) is 20.3 Å². The minimum Gasteiger partial charge on any atom is -0.494 e. The average molecular weight is 180 g/mol. The van der Waals surface area contributed by atoms with Crippen molar-refractivity contribution in [1.82, 2.24) is 0 Å². The van der Waals surface area contributed by atoms with Crippen LogP contribution in [0.15, 0.2) is 18.2 Å². The van der Waals surface area contributed by atoms with Gasteiger partial charge in [0.15, 0.2) is 0 Å². The van der Waals surface area contributed by atoms with Gasteiger partial charge in [-0.25, -0.2) is 0 Å². The van der Waals surface area contributed by atoms with Gasteiger partial charge >= 0.3 is 0 Å². The summed E-state index contributed by atoms with van der Waals surface area (Å²) in [6.07, 6.45) is 0.716. The van der Waals surface area contributed by atoms with Crippen LogP contribution in [0, 0.1) is 6.92 Å². The highest BCUT2D eigenvalue weighted by Gasteiger charge is 1.99. The van der Waals surface area contributed by atoms with Crippen LogP contribution >= 0.6 is 0 Å². The second kappa shape index (κ2) is 4.87. The Morgan fingerprint density at radius 3 is 2.69 bits per heavy atom. The van der Waals surface area contributed by atoms with Crippen molar-refractivity contribution >= 4 is 0 Å². The van der Waals surface area contributed by atoms with Gasteiger partial charge in [-0.05, 0) is 37.5 Å². The monoisotopic (exact) mass is 180 g/mol. The fraction of sp³-hybridized carbons (Fsp3) is 0.455. The topological polar surface area (TPSA) is 29.5 Å². The highest BCUT2D eigenvalue weighted by atomic mass is 16.5. The fourth-order valence-electron chi connectivity index (χ4n) is 1.31. The van der Waals surface area contributed by atoms with Gasteiger partial charge in [-0.15, -0.1) is 0 Å². The third-order valence-electron chi connectivity index (χ3n) is 1.94. The Labute approximate surface area is 79.2 Å². The van der Waals surface area contributed by atoms with Crippen molar-refractivity contribution in [1.29, 1.82) is 0 Å². The molecule has 1 aromatic carbocycles. The van der Waals surface area contributed by atoms with Crippen LogP contribution in [0.2, 0.25) is 0 Å². The minimum absolute atomic E-state index is 0.202. The molecule has 0 atom stereocenters. The summed E-state index contributed by atoms with van der Waals surface area (Å²) in [5.74, 6) is 0.934. The summed E-state index contributed by atoms with van der Waals surface area (Å²) in [4.78, 5) is 0. The lowest BCUT2D eigenvalue weighted by Gasteiger charge is -2.08. The van der Waals surface area contributed by atoms with Crippen LogP contribution in [-0.4, -0.2) is 18.3 Å². The number of benzene rings is 1. The largest absolute Gasteiger partial charge is 0.494 e. The number of hydrogen-bond donors (Lipinski definition) is 1. The molecular formula is C11H16O2. The van der Waals surface area contributed by atoms with Crippen LogP contribution in [0.3, 0.4) is 0 Å². The molecule has 13 heavy (non-hydrogen) atoms. The molecule has 0 aromatic heterocycles. The number of aryl methyl sites for hydroxylation is 1. The van der Waals surface area contributed by atoms with E-state index in [1.165, 1.54) is 0 Å². The third-order valence-corrected chi connectivity index (χ3v) is 1.94. The summed E-state index contributed by atoms with van der Waals surface area (Å²) in [5, 5.41) is 8.75. The fourth-order valence-corrected chi connectivity index (χ4v) is 1.31. The molecule has 0 heterocycles. The van der Waals surface area contributed by atoms with Crippen LogP contribution < -0.4 is 4.74 Å². The quantitative estimate of drug-likeness (QED) is 0.767. The second-order valence-corrected chi connectivity index (χ2v) is 3.01. The van der Waals surface area contributed by atoms with Crippen molar-refractivity contribution in [3.8, 4) is 5.75 Å². The SMILES string of the molecule is CCOc1ccc(CCO)cc1C. The summed E-state index contributed by atoms with van der Waals surface area (Å²) in [5.41, 5.74) is 2.29. The lowest BCUT2D eigenvalue weighted by Crippen LogP contribution is -1.96. The smallest absolute Gasteiger partial charge is 0.122 e. The first-order valence-corrected chi connectivity index (χ1v) is 4.61. The molecule has 0 saturated carbocycles. The number of hydrogen-bond acceptors (Lipinski definition) is 2. The lowest BCUT2D eigenvalue weighted by molar-refractivity contribution is 0.299. The maximum atomic E-state index is 8.75. The minimum atomic E-state index is 0.202. The molecule has 0 aliphatic heterocycles. The predicted octanol–water partition coefficient (Wildman–Crippen LogP) is 1.93. The Balaban J connectivity index is 2.79. The zero-order valence-corrected chi connectivity index (χ0v) is 8.21. The maximum absolute atomic E-state index is 8.75. The number of rotatable bonds is 4. The van der Waals surface area contributed by atoms with Crippen molar-refractivity contribution in [2.24, 2.45) is 0 Å². The van der Waals surface area contributed by atoms with E-state index in [0.29, 0.717) is 13.0 Å². The Kier molecular flexibility index (Phi) is 3.77. The van der Waals surface area contributed by atoms with E-state index in [-0.39, 0.29) is 6.61 Å². The first-order valence-electron chi connectivity index (χ1n) is 4.61.